The van der Waals surface area contributed by atoms with Crippen molar-refractivity contribution in [2.24, 2.45) is 0 Å². The predicted molar refractivity (Wildman–Crippen MR) is 83.3 cm³/mol. The fourth-order valence-corrected chi connectivity index (χ4v) is 1.84. The fraction of sp³-hybridized carbons (Fsp3) is 0.176. The number of carbonyl (C=O) groups is 2. The number of hydrogen-bond acceptors (Lipinski definition) is 4. The first kappa shape index (κ1) is 18.1. The smallest absolute Gasteiger partial charge is 0.187 e. The minimum Gasteiger partial charge on any atom is -0.388 e. The molecule has 0 bridgehead atoms. The summed E-state index contributed by atoms with van der Waals surface area (Å²) in [7, 11) is 0. The van der Waals surface area contributed by atoms with Crippen LogP contribution in [0.4, 0.5) is 0 Å². The molecule has 0 spiro atoms. The molecule has 4 nitrogen and oxygen atoms in total. The molecule has 2 rings (SSSR count). The fourth-order valence-electron chi connectivity index (χ4n) is 1.84. The van der Waals surface area contributed by atoms with Gasteiger partial charge in [-0.25, -0.2) is 0 Å². The summed E-state index contributed by atoms with van der Waals surface area (Å²) < 4.78 is 0. The van der Waals surface area contributed by atoms with Gasteiger partial charge in [-0.05, 0) is 31.2 Å². The Hall–Kier alpha value is -2.00. The zero-order chi connectivity index (χ0) is 15.1. The van der Waals surface area contributed by atoms with Gasteiger partial charge in [0, 0.05) is 55.6 Å². The third-order valence-electron chi connectivity index (χ3n) is 3.04. The van der Waals surface area contributed by atoms with Gasteiger partial charge in [0.15, 0.2) is 11.6 Å². The molecule has 0 saturated carbocycles. The summed E-state index contributed by atoms with van der Waals surface area (Å²) in [5, 5.41) is 6.26. The van der Waals surface area contributed by atoms with E-state index in [-0.39, 0.29) is 37.1 Å². The van der Waals surface area contributed by atoms with E-state index in [1.54, 1.807) is 36.7 Å². The Morgan fingerprint density at radius 3 is 1.95 bits per heavy atom. The van der Waals surface area contributed by atoms with Crippen LogP contribution >= 0.6 is 0 Å². The molecule has 0 aromatic carbocycles. The van der Waals surface area contributed by atoms with Gasteiger partial charge < -0.3 is 10.6 Å². The van der Waals surface area contributed by atoms with Gasteiger partial charge in [-0.2, -0.15) is 0 Å². The standard InChI is InChI=1S/C17H18N2O2.Zn/c1-13(19-12-15-7-3-5-9-17(15)21)10-18-11-14-6-2-4-8-16(14)20;/h2-9,11-13,18-19H,10H2,1H3;. The molecule has 2 N–H and O–H groups in total. The Kier molecular flexibility index (Phi) is 7.48. The molecule has 2 aliphatic carbocycles. The van der Waals surface area contributed by atoms with E-state index in [9.17, 15) is 9.59 Å². The molecule has 22 heavy (non-hydrogen) atoms. The molecule has 0 radical (unpaired) electrons. The minimum atomic E-state index is -0.00277. The third kappa shape index (κ3) is 5.42. The first-order valence-corrected chi connectivity index (χ1v) is 6.85. The average molecular weight is 348 g/mol. The molecule has 0 saturated heterocycles. The maximum Gasteiger partial charge on any atom is 0.187 e. The zero-order valence-corrected chi connectivity index (χ0v) is 15.5. The van der Waals surface area contributed by atoms with Crippen molar-refractivity contribution in [2.45, 2.75) is 13.0 Å². The van der Waals surface area contributed by atoms with Crippen molar-refractivity contribution in [3.63, 3.8) is 0 Å². The summed E-state index contributed by atoms with van der Waals surface area (Å²) in [6.45, 7) is 2.64. The molecule has 0 aromatic rings. The molecule has 0 amide bonds. The normalized spacial score (nSPS) is 21.1. The van der Waals surface area contributed by atoms with Gasteiger partial charge in [-0.3, -0.25) is 9.59 Å². The molecular weight excluding hydrogens is 330 g/mol. The van der Waals surface area contributed by atoms with E-state index in [2.05, 4.69) is 10.6 Å². The number of ketones is 2. The number of hydrogen-bond donors (Lipinski definition) is 2. The molecular formula is C17H18N2O2Zn. The van der Waals surface area contributed by atoms with Gasteiger partial charge in [0.1, 0.15) is 0 Å². The first-order chi connectivity index (χ1) is 10.2. The van der Waals surface area contributed by atoms with Crippen molar-refractivity contribution in [3.8, 4) is 0 Å². The van der Waals surface area contributed by atoms with Crippen LogP contribution in [-0.4, -0.2) is 24.2 Å². The Bertz CT molecular complexity index is 610. The van der Waals surface area contributed by atoms with Crippen molar-refractivity contribution < 1.29 is 29.1 Å². The number of rotatable bonds is 5. The molecule has 0 aliphatic heterocycles. The second kappa shape index (κ2) is 9.11. The molecule has 1 atom stereocenters. The molecule has 5 heteroatoms. The largest absolute Gasteiger partial charge is 0.388 e. The zero-order valence-electron chi connectivity index (χ0n) is 12.6. The molecule has 110 valence electrons. The molecule has 0 heterocycles. The van der Waals surface area contributed by atoms with Gasteiger partial charge in [0.2, 0.25) is 0 Å². The summed E-state index contributed by atoms with van der Waals surface area (Å²) in [5.41, 5.74) is 1.27. The monoisotopic (exact) mass is 346 g/mol. The number of allylic oxidation sites excluding steroid dienone is 10. The second-order valence-electron chi connectivity index (χ2n) is 4.84. The Morgan fingerprint density at radius 1 is 0.909 bits per heavy atom. The van der Waals surface area contributed by atoms with Crippen LogP contribution in [0.25, 0.3) is 0 Å². The number of carbonyl (C=O) groups excluding carboxylic acids is 2. The van der Waals surface area contributed by atoms with Crippen molar-refractivity contribution in [3.05, 3.63) is 72.2 Å². The van der Waals surface area contributed by atoms with Crippen molar-refractivity contribution in [2.75, 3.05) is 6.54 Å². The van der Waals surface area contributed by atoms with E-state index in [0.717, 1.165) is 0 Å². The second-order valence-corrected chi connectivity index (χ2v) is 4.84. The minimum absolute atomic E-state index is 0. The van der Waals surface area contributed by atoms with E-state index in [1.165, 1.54) is 12.2 Å². The van der Waals surface area contributed by atoms with Crippen LogP contribution in [0.1, 0.15) is 6.92 Å². The maximum atomic E-state index is 11.5. The van der Waals surface area contributed by atoms with E-state index in [0.29, 0.717) is 17.7 Å². The topological polar surface area (TPSA) is 58.2 Å². The Balaban J connectivity index is 0.00000242. The summed E-state index contributed by atoms with van der Waals surface area (Å²) in [6, 6.07) is 0.125. The van der Waals surface area contributed by atoms with Crippen LogP contribution in [0, 0.1) is 0 Å². The van der Waals surface area contributed by atoms with Gasteiger partial charge in [0.05, 0.1) is 0 Å². The predicted octanol–water partition coefficient (Wildman–Crippen LogP) is 1.71. The molecule has 0 fully saturated rings. The van der Waals surface area contributed by atoms with Gasteiger partial charge >= 0.3 is 0 Å². The van der Waals surface area contributed by atoms with Gasteiger partial charge in [-0.15, -0.1) is 0 Å². The van der Waals surface area contributed by atoms with Crippen LogP contribution < -0.4 is 10.6 Å². The number of nitrogens with one attached hydrogen (secondary N) is 2. The van der Waals surface area contributed by atoms with Crippen molar-refractivity contribution in [1.29, 1.82) is 0 Å². The quantitative estimate of drug-likeness (QED) is 0.587. The van der Waals surface area contributed by atoms with E-state index < -0.39 is 0 Å². The van der Waals surface area contributed by atoms with Crippen molar-refractivity contribution >= 4 is 11.6 Å². The summed E-state index contributed by atoms with van der Waals surface area (Å²) in [5.74, 6) is -0.00513. The summed E-state index contributed by atoms with van der Waals surface area (Å²) in [6.07, 6.45) is 17.1. The van der Waals surface area contributed by atoms with Gasteiger partial charge in [0.25, 0.3) is 0 Å². The SMILES string of the molecule is CC(CNC=C1C=CC=CC1=O)NC=C1C=CC=CC1=O.[Zn]. The van der Waals surface area contributed by atoms with Crippen LogP contribution in [-0.2, 0) is 29.1 Å². The van der Waals surface area contributed by atoms with E-state index in [1.807, 2.05) is 19.1 Å². The Morgan fingerprint density at radius 2 is 1.41 bits per heavy atom. The van der Waals surface area contributed by atoms with Gasteiger partial charge in [-0.1, -0.05) is 24.3 Å². The van der Waals surface area contributed by atoms with Crippen molar-refractivity contribution in [1.82, 2.24) is 10.6 Å². The summed E-state index contributed by atoms with van der Waals surface area (Å²) in [4.78, 5) is 23.1. The first-order valence-electron chi connectivity index (χ1n) is 6.85. The van der Waals surface area contributed by atoms with Crippen LogP contribution in [0.2, 0.25) is 0 Å². The molecule has 2 aliphatic rings. The average Bonchev–Trinajstić information content (AvgIpc) is 2.48. The Labute approximate surface area is 143 Å². The molecule has 0 aromatic heterocycles. The van der Waals surface area contributed by atoms with E-state index in [4.69, 9.17) is 0 Å². The summed E-state index contributed by atoms with van der Waals surface area (Å²) >= 11 is 0. The molecule has 1 unspecified atom stereocenters. The van der Waals surface area contributed by atoms with Crippen LogP contribution in [0.15, 0.2) is 72.2 Å². The van der Waals surface area contributed by atoms with Crippen LogP contribution in [0.3, 0.4) is 0 Å². The van der Waals surface area contributed by atoms with Crippen LogP contribution in [0.5, 0.6) is 0 Å². The third-order valence-corrected chi connectivity index (χ3v) is 3.04. The maximum absolute atomic E-state index is 11.5. The van der Waals surface area contributed by atoms with E-state index >= 15 is 0 Å².